The first kappa shape index (κ1) is 17.8. The maximum absolute atomic E-state index is 12.0. The molecule has 0 heterocycles. The molecule has 0 saturated carbocycles. The van der Waals surface area contributed by atoms with Crippen LogP contribution in [0.2, 0.25) is 5.02 Å². The van der Waals surface area contributed by atoms with E-state index < -0.39 is 0 Å². The summed E-state index contributed by atoms with van der Waals surface area (Å²) in [5.74, 6) is 0.620. The number of benzene rings is 1. The quantitative estimate of drug-likeness (QED) is 0.756. The molecule has 21 heavy (non-hydrogen) atoms. The minimum Gasteiger partial charge on any atom is -0.399 e. The van der Waals surface area contributed by atoms with Crippen molar-refractivity contribution in [2.75, 3.05) is 24.6 Å². The second kappa shape index (κ2) is 8.25. The molecule has 1 amide bonds. The zero-order valence-corrected chi connectivity index (χ0v) is 14.1. The molecule has 3 N–H and O–H groups in total. The SMILES string of the molecule is CC(C)CC(C)N(C)CCC(=O)Nc1ccc(N)cc1Cl. The Balaban J connectivity index is 2.43. The molecule has 0 aliphatic carbocycles. The number of nitrogens with one attached hydrogen (secondary N) is 1. The molecular formula is C16H26ClN3O. The Morgan fingerprint density at radius 3 is 2.62 bits per heavy atom. The zero-order chi connectivity index (χ0) is 16.0. The largest absolute Gasteiger partial charge is 0.399 e. The number of carbonyl (C=O) groups excluding carboxylic acids is 1. The molecule has 0 radical (unpaired) electrons. The van der Waals surface area contributed by atoms with Crippen LogP contribution in [0.25, 0.3) is 0 Å². The second-order valence-corrected chi connectivity index (χ2v) is 6.40. The molecule has 0 saturated heterocycles. The summed E-state index contributed by atoms with van der Waals surface area (Å²) < 4.78 is 0. The van der Waals surface area contributed by atoms with Gasteiger partial charge in [-0.3, -0.25) is 4.79 Å². The van der Waals surface area contributed by atoms with Crippen LogP contribution < -0.4 is 11.1 Å². The lowest BCUT2D eigenvalue weighted by Crippen LogP contribution is -2.33. The standard InChI is InChI=1S/C16H26ClN3O/c1-11(2)9-12(3)20(4)8-7-16(21)19-15-6-5-13(18)10-14(15)17/h5-6,10-12H,7-9,18H2,1-4H3,(H,19,21). The summed E-state index contributed by atoms with van der Waals surface area (Å²) >= 11 is 6.04. The topological polar surface area (TPSA) is 58.4 Å². The number of anilines is 2. The van der Waals surface area contributed by atoms with Gasteiger partial charge in [0.1, 0.15) is 0 Å². The number of halogens is 1. The number of hydrogen-bond acceptors (Lipinski definition) is 3. The van der Waals surface area contributed by atoms with E-state index in [0.29, 0.717) is 34.8 Å². The fourth-order valence-electron chi connectivity index (χ4n) is 2.21. The molecule has 1 aromatic rings. The Kier molecular flexibility index (Phi) is 6.99. The van der Waals surface area contributed by atoms with Gasteiger partial charge in [-0.15, -0.1) is 0 Å². The van der Waals surface area contributed by atoms with Crippen molar-refractivity contribution in [3.63, 3.8) is 0 Å². The summed E-state index contributed by atoms with van der Waals surface area (Å²) in [5.41, 5.74) is 6.81. The molecule has 0 fully saturated rings. The van der Waals surface area contributed by atoms with E-state index in [4.69, 9.17) is 17.3 Å². The van der Waals surface area contributed by atoms with E-state index in [1.165, 1.54) is 0 Å². The van der Waals surface area contributed by atoms with Gasteiger partial charge in [0.05, 0.1) is 10.7 Å². The van der Waals surface area contributed by atoms with Crippen LogP contribution >= 0.6 is 11.6 Å². The van der Waals surface area contributed by atoms with Crippen molar-refractivity contribution >= 4 is 28.9 Å². The van der Waals surface area contributed by atoms with E-state index in [-0.39, 0.29) is 5.91 Å². The minimum absolute atomic E-state index is 0.0368. The Bertz CT molecular complexity index is 477. The van der Waals surface area contributed by atoms with Crippen molar-refractivity contribution in [2.24, 2.45) is 5.92 Å². The average molecular weight is 312 g/mol. The van der Waals surface area contributed by atoms with Gasteiger partial charge in [0.15, 0.2) is 0 Å². The number of amides is 1. The van der Waals surface area contributed by atoms with E-state index in [1.807, 2.05) is 0 Å². The van der Waals surface area contributed by atoms with Crippen molar-refractivity contribution in [3.05, 3.63) is 23.2 Å². The normalized spacial score (nSPS) is 12.7. The fourth-order valence-corrected chi connectivity index (χ4v) is 2.44. The van der Waals surface area contributed by atoms with Crippen LogP contribution in [0.3, 0.4) is 0 Å². The highest BCUT2D eigenvalue weighted by molar-refractivity contribution is 6.34. The molecule has 1 rings (SSSR count). The van der Waals surface area contributed by atoms with Gasteiger partial charge in [-0.05, 0) is 44.5 Å². The van der Waals surface area contributed by atoms with E-state index in [0.717, 1.165) is 13.0 Å². The van der Waals surface area contributed by atoms with Gasteiger partial charge in [-0.2, -0.15) is 0 Å². The third-order valence-corrected chi connectivity index (χ3v) is 3.84. The first-order valence-corrected chi connectivity index (χ1v) is 7.72. The van der Waals surface area contributed by atoms with Crippen LogP contribution in [0.15, 0.2) is 18.2 Å². The second-order valence-electron chi connectivity index (χ2n) is 6.00. The Labute approximate surface area is 132 Å². The first-order chi connectivity index (χ1) is 9.79. The predicted octanol–water partition coefficient (Wildman–Crippen LogP) is 3.62. The van der Waals surface area contributed by atoms with Gasteiger partial charge < -0.3 is 16.0 Å². The lowest BCUT2D eigenvalue weighted by atomic mass is 10.0. The first-order valence-electron chi connectivity index (χ1n) is 7.34. The maximum atomic E-state index is 12.0. The van der Waals surface area contributed by atoms with Crippen LogP contribution in [-0.2, 0) is 4.79 Å². The molecule has 0 aromatic heterocycles. The molecule has 0 spiro atoms. The molecular weight excluding hydrogens is 286 g/mol. The van der Waals surface area contributed by atoms with Gasteiger partial charge in [0.25, 0.3) is 0 Å². The fraction of sp³-hybridized carbons (Fsp3) is 0.562. The van der Waals surface area contributed by atoms with E-state index in [1.54, 1.807) is 18.2 Å². The Morgan fingerprint density at radius 2 is 2.05 bits per heavy atom. The highest BCUT2D eigenvalue weighted by Crippen LogP contribution is 2.24. The lowest BCUT2D eigenvalue weighted by molar-refractivity contribution is -0.116. The number of carbonyl (C=O) groups is 1. The Hall–Kier alpha value is -1.26. The summed E-state index contributed by atoms with van der Waals surface area (Å²) in [7, 11) is 2.05. The van der Waals surface area contributed by atoms with Gasteiger partial charge in [-0.25, -0.2) is 0 Å². The highest BCUT2D eigenvalue weighted by atomic mass is 35.5. The van der Waals surface area contributed by atoms with Crippen molar-refractivity contribution < 1.29 is 4.79 Å². The van der Waals surface area contributed by atoms with E-state index in [9.17, 15) is 4.79 Å². The average Bonchev–Trinajstić information content (AvgIpc) is 2.38. The van der Waals surface area contributed by atoms with Crippen LogP contribution in [0.1, 0.15) is 33.6 Å². The number of rotatable bonds is 7. The van der Waals surface area contributed by atoms with Crippen LogP contribution in [0.5, 0.6) is 0 Å². The number of hydrogen-bond donors (Lipinski definition) is 2. The molecule has 0 bridgehead atoms. The molecule has 4 nitrogen and oxygen atoms in total. The molecule has 118 valence electrons. The van der Waals surface area contributed by atoms with Crippen molar-refractivity contribution in [2.45, 2.75) is 39.7 Å². The van der Waals surface area contributed by atoms with E-state index in [2.05, 4.69) is 38.0 Å². The van der Waals surface area contributed by atoms with Crippen LogP contribution in [0.4, 0.5) is 11.4 Å². The van der Waals surface area contributed by atoms with Crippen LogP contribution in [0, 0.1) is 5.92 Å². The van der Waals surface area contributed by atoms with Gasteiger partial charge in [0.2, 0.25) is 5.91 Å². The smallest absolute Gasteiger partial charge is 0.225 e. The lowest BCUT2D eigenvalue weighted by Gasteiger charge is -2.25. The third kappa shape index (κ3) is 6.36. The van der Waals surface area contributed by atoms with Crippen molar-refractivity contribution in [3.8, 4) is 0 Å². The van der Waals surface area contributed by atoms with Gasteiger partial charge in [0, 0.05) is 24.7 Å². The zero-order valence-electron chi connectivity index (χ0n) is 13.3. The number of nitrogens with two attached hydrogens (primary N) is 1. The van der Waals surface area contributed by atoms with Crippen molar-refractivity contribution in [1.29, 1.82) is 0 Å². The molecule has 1 atom stereocenters. The van der Waals surface area contributed by atoms with Gasteiger partial charge >= 0.3 is 0 Å². The molecule has 1 aromatic carbocycles. The maximum Gasteiger partial charge on any atom is 0.225 e. The predicted molar refractivity (Wildman–Crippen MR) is 90.7 cm³/mol. The number of nitrogens with zero attached hydrogens (tertiary/aromatic N) is 1. The van der Waals surface area contributed by atoms with Crippen LogP contribution in [-0.4, -0.2) is 30.4 Å². The summed E-state index contributed by atoms with van der Waals surface area (Å²) in [6, 6.07) is 5.55. The minimum atomic E-state index is -0.0368. The summed E-state index contributed by atoms with van der Waals surface area (Å²) in [6.45, 7) is 7.33. The van der Waals surface area contributed by atoms with Crippen molar-refractivity contribution in [1.82, 2.24) is 4.90 Å². The monoisotopic (exact) mass is 311 g/mol. The molecule has 0 aliphatic heterocycles. The summed E-state index contributed by atoms with van der Waals surface area (Å²) in [5, 5.41) is 3.28. The molecule has 5 heteroatoms. The third-order valence-electron chi connectivity index (χ3n) is 3.52. The van der Waals surface area contributed by atoms with E-state index >= 15 is 0 Å². The molecule has 0 aliphatic rings. The van der Waals surface area contributed by atoms with Gasteiger partial charge in [-0.1, -0.05) is 25.4 Å². The summed E-state index contributed by atoms with van der Waals surface area (Å²) in [4.78, 5) is 14.2. The molecule has 1 unspecified atom stereocenters. The summed E-state index contributed by atoms with van der Waals surface area (Å²) in [6.07, 6.45) is 1.57. The number of nitrogen functional groups attached to an aromatic ring is 1. The Morgan fingerprint density at radius 1 is 1.38 bits per heavy atom. The highest BCUT2D eigenvalue weighted by Gasteiger charge is 2.13.